The Balaban J connectivity index is 0.000000261. The van der Waals surface area contributed by atoms with E-state index in [-0.39, 0.29) is 59.6 Å². The summed E-state index contributed by atoms with van der Waals surface area (Å²) in [5.41, 5.74) is 4.98. The Morgan fingerprint density at radius 2 is 1.01 bits per heavy atom. The molecule has 0 aliphatic heterocycles. The molecule has 4 aromatic carbocycles. The highest BCUT2D eigenvalue weighted by molar-refractivity contribution is 6.30. The van der Waals surface area contributed by atoms with E-state index in [0.717, 1.165) is 92.5 Å². The number of nitrogens with one attached hydrogen (secondary N) is 4. The van der Waals surface area contributed by atoms with Crippen LogP contribution in [-0.4, -0.2) is 104 Å². The smallest absolute Gasteiger partial charge is 0.220 e. The molecule has 0 atom stereocenters. The number of para-hydroxylation sites is 1. The van der Waals surface area contributed by atoms with Gasteiger partial charge in [0.15, 0.2) is 0 Å². The summed E-state index contributed by atoms with van der Waals surface area (Å²) in [5, 5.41) is 13.7. The quantitative estimate of drug-likeness (QED) is 0.0583. The Bertz CT molecular complexity index is 2240. The van der Waals surface area contributed by atoms with Crippen molar-refractivity contribution in [1.29, 1.82) is 0 Å². The monoisotopic (exact) mass is 997 g/mol. The molecule has 0 bridgehead atoms. The third-order valence-corrected chi connectivity index (χ3v) is 14.7. The highest BCUT2D eigenvalue weighted by Crippen LogP contribution is 2.37. The predicted octanol–water partition coefficient (Wildman–Crippen LogP) is 9.55. The van der Waals surface area contributed by atoms with Gasteiger partial charge in [-0.1, -0.05) is 96.0 Å². The maximum Gasteiger partial charge on any atom is 0.220 e. The third-order valence-electron chi connectivity index (χ3n) is 14.3. The molecule has 2 aliphatic carbocycles. The molecule has 4 N–H and O–H groups in total. The Labute approximate surface area is 428 Å². The van der Waals surface area contributed by atoms with Gasteiger partial charge < -0.3 is 35.8 Å². The van der Waals surface area contributed by atoms with Crippen LogP contribution in [-0.2, 0) is 44.9 Å². The highest BCUT2D eigenvalue weighted by Gasteiger charge is 2.39. The number of carbonyl (C=O) groups is 4. The summed E-state index contributed by atoms with van der Waals surface area (Å²) >= 11 is 12.2. The number of nitrogens with zero attached hydrogens (tertiary/aromatic N) is 2. The summed E-state index contributed by atoms with van der Waals surface area (Å²) in [6.07, 6.45) is 13.1. The number of rotatable bonds is 23. The van der Waals surface area contributed by atoms with E-state index in [4.69, 9.17) is 27.9 Å². The zero-order valence-corrected chi connectivity index (χ0v) is 43.8. The molecule has 2 fully saturated rings. The van der Waals surface area contributed by atoms with Crippen LogP contribution in [0.15, 0.2) is 103 Å². The number of ether oxygens (including phenoxy) is 1. The molecular formula is C57H78Cl2N6O5. The average Bonchev–Trinajstić information content (AvgIpc) is 3.33. The molecule has 0 radical (unpaired) electrons. The van der Waals surface area contributed by atoms with Crippen molar-refractivity contribution in [1.82, 2.24) is 31.1 Å². The van der Waals surface area contributed by atoms with Crippen LogP contribution in [0.2, 0.25) is 10.0 Å². The molecule has 0 aromatic heterocycles. The van der Waals surface area contributed by atoms with Crippen LogP contribution in [0.4, 0.5) is 0 Å². The van der Waals surface area contributed by atoms with Gasteiger partial charge in [0, 0.05) is 72.0 Å². The van der Waals surface area contributed by atoms with E-state index in [2.05, 4.69) is 95.7 Å². The first-order valence-corrected chi connectivity index (χ1v) is 26.1. The number of hydrogen-bond acceptors (Lipinski definition) is 7. The first kappa shape index (κ1) is 56.0. The minimum atomic E-state index is -0.103. The van der Waals surface area contributed by atoms with Crippen LogP contribution in [0.5, 0.6) is 5.75 Å². The lowest BCUT2D eigenvalue weighted by Crippen LogP contribution is -2.52. The van der Waals surface area contributed by atoms with Crippen LogP contribution >= 0.6 is 23.2 Å². The normalized spacial score (nSPS) is 19.9. The number of likely N-dealkylation sites (N-methyl/N-ethyl adjacent to an activating group) is 2. The summed E-state index contributed by atoms with van der Waals surface area (Å²) in [6.45, 7) is 3.68. The fourth-order valence-electron chi connectivity index (χ4n) is 9.96. The SMILES string of the molecule is CCOc1ccccc1CCNC(=O)CCCC(=O)NC1CCC(Cc2ccccc2)(N(C)C)CC1.CN(C)C1(Cc2cccc(Cl)c2)CCC(NC(=O)CCC(=O)NCCc2cccc(Cl)c2)CC1. The lowest BCUT2D eigenvalue weighted by atomic mass is 9.75. The number of amides is 4. The second-order valence-corrected chi connectivity index (χ2v) is 20.5. The van der Waals surface area contributed by atoms with Crippen molar-refractivity contribution in [2.45, 2.75) is 139 Å². The number of carbonyl (C=O) groups excluding carboxylic acids is 4. The van der Waals surface area contributed by atoms with Gasteiger partial charge in [0.2, 0.25) is 23.6 Å². The van der Waals surface area contributed by atoms with E-state index in [0.29, 0.717) is 50.4 Å². The molecule has 380 valence electrons. The molecular weight excluding hydrogens is 920 g/mol. The molecule has 2 aliphatic rings. The summed E-state index contributed by atoms with van der Waals surface area (Å²) in [7, 11) is 8.61. The molecule has 0 spiro atoms. The second kappa shape index (κ2) is 28.8. The van der Waals surface area contributed by atoms with Crippen LogP contribution in [0.1, 0.15) is 113 Å². The number of halogens is 2. The zero-order chi connectivity index (χ0) is 50.4. The highest BCUT2D eigenvalue weighted by atomic mass is 35.5. The molecule has 0 unspecified atom stereocenters. The molecule has 70 heavy (non-hydrogen) atoms. The summed E-state index contributed by atoms with van der Waals surface area (Å²) < 4.78 is 5.64. The molecule has 4 aromatic rings. The maximum atomic E-state index is 12.5. The minimum absolute atomic E-state index is 0.00830. The second-order valence-electron chi connectivity index (χ2n) is 19.6. The third kappa shape index (κ3) is 18.7. The Kier molecular flexibility index (Phi) is 23.0. The fourth-order valence-corrected chi connectivity index (χ4v) is 10.4. The maximum absolute atomic E-state index is 12.5. The largest absolute Gasteiger partial charge is 0.494 e. The van der Waals surface area contributed by atoms with Crippen molar-refractivity contribution in [2.24, 2.45) is 0 Å². The van der Waals surface area contributed by atoms with Gasteiger partial charge in [-0.3, -0.25) is 19.2 Å². The van der Waals surface area contributed by atoms with Gasteiger partial charge in [-0.2, -0.15) is 0 Å². The molecule has 0 heterocycles. The predicted molar refractivity (Wildman–Crippen MR) is 285 cm³/mol. The van der Waals surface area contributed by atoms with Gasteiger partial charge >= 0.3 is 0 Å². The van der Waals surface area contributed by atoms with E-state index in [1.54, 1.807) is 0 Å². The van der Waals surface area contributed by atoms with E-state index in [9.17, 15) is 19.2 Å². The summed E-state index contributed by atoms with van der Waals surface area (Å²) in [6, 6.07) is 34.6. The Morgan fingerprint density at radius 1 is 0.557 bits per heavy atom. The molecule has 0 saturated heterocycles. The average molecular weight is 998 g/mol. The standard InChI is InChI=1S/C30H43N3O3.C27H35Cl2N3O2/c1-4-36-27-14-9-8-13-25(27)19-22-31-28(34)15-10-16-29(35)32-26-17-20-30(21-18-26,33(2)3)23-24-11-6-5-7-12-24;1-32(2)27(19-21-6-4-8-23(29)18-21)14-11-24(12-15-27)31-26(34)10-9-25(33)30-16-13-20-5-3-7-22(28)17-20/h5-9,11-14,26H,4,10,15-23H2,1-3H3,(H,31,34)(H,32,35);3-8,17-18,24H,9-16,19H2,1-2H3,(H,30,33)(H,31,34). The molecule has 11 nitrogen and oxygen atoms in total. The van der Waals surface area contributed by atoms with Crippen LogP contribution < -0.4 is 26.0 Å². The van der Waals surface area contributed by atoms with Crippen molar-refractivity contribution in [3.8, 4) is 5.75 Å². The number of benzene rings is 4. The van der Waals surface area contributed by atoms with E-state index in [1.807, 2.05) is 73.7 Å². The van der Waals surface area contributed by atoms with Crippen LogP contribution in [0.25, 0.3) is 0 Å². The topological polar surface area (TPSA) is 132 Å². The van der Waals surface area contributed by atoms with Gasteiger partial charge in [0.05, 0.1) is 6.61 Å². The number of hydrogen-bond donors (Lipinski definition) is 4. The van der Waals surface area contributed by atoms with Crippen molar-refractivity contribution in [3.63, 3.8) is 0 Å². The Morgan fingerprint density at radius 3 is 1.59 bits per heavy atom. The first-order chi connectivity index (χ1) is 33.7. The van der Waals surface area contributed by atoms with Gasteiger partial charge in [0.25, 0.3) is 0 Å². The molecule has 13 heteroatoms. The van der Waals surface area contributed by atoms with Crippen molar-refractivity contribution < 1.29 is 23.9 Å². The fraction of sp³-hybridized carbons (Fsp3) is 0.509. The first-order valence-electron chi connectivity index (χ1n) is 25.4. The van der Waals surface area contributed by atoms with Gasteiger partial charge in [0.1, 0.15) is 5.75 Å². The van der Waals surface area contributed by atoms with Crippen LogP contribution in [0.3, 0.4) is 0 Å². The molecule has 6 rings (SSSR count). The van der Waals surface area contributed by atoms with Crippen LogP contribution in [0, 0.1) is 0 Å². The van der Waals surface area contributed by atoms with Crippen molar-refractivity contribution in [2.75, 3.05) is 47.9 Å². The zero-order valence-electron chi connectivity index (χ0n) is 42.3. The van der Waals surface area contributed by atoms with E-state index < -0.39 is 0 Å². The van der Waals surface area contributed by atoms with Crippen molar-refractivity contribution >= 4 is 46.8 Å². The lowest BCUT2D eigenvalue weighted by Gasteiger charge is -2.45. The van der Waals surface area contributed by atoms with E-state index in [1.165, 1.54) is 11.1 Å². The molecule has 4 amide bonds. The summed E-state index contributed by atoms with van der Waals surface area (Å²) in [4.78, 5) is 54.0. The minimum Gasteiger partial charge on any atom is -0.494 e. The van der Waals surface area contributed by atoms with E-state index >= 15 is 0 Å². The van der Waals surface area contributed by atoms with Gasteiger partial charge in [-0.15, -0.1) is 0 Å². The molecule has 2 saturated carbocycles. The Hall–Kier alpha value is -4.94. The van der Waals surface area contributed by atoms with Gasteiger partial charge in [-0.05, 0) is 171 Å². The van der Waals surface area contributed by atoms with Gasteiger partial charge in [-0.25, -0.2) is 0 Å². The summed E-state index contributed by atoms with van der Waals surface area (Å²) in [5.74, 6) is 0.762. The van der Waals surface area contributed by atoms with Crippen molar-refractivity contribution in [3.05, 3.63) is 135 Å². The lowest BCUT2D eigenvalue weighted by molar-refractivity contribution is -0.127.